The number of unbranched alkanes of at least 4 members (excludes halogenated alkanes) is 1. The van der Waals surface area contributed by atoms with Gasteiger partial charge in [0.2, 0.25) is 5.91 Å². The molecular weight excluding hydrogens is 386 g/mol. The molecule has 0 saturated carbocycles. The molecule has 1 aromatic heterocycles. The molecule has 5 nitrogen and oxygen atoms in total. The Morgan fingerprint density at radius 2 is 1.81 bits per heavy atom. The van der Waals surface area contributed by atoms with Crippen molar-refractivity contribution in [3.63, 3.8) is 0 Å². The lowest BCUT2D eigenvalue weighted by Crippen LogP contribution is -2.25. The minimum absolute atomic E-state index is 0.0857. The number of hydrogen-bond acceptors (Lipinski definition) is 3. The fraction of sp³-hybridized carbons (Fsp3) is 0.385. The van der Waals surface area contributed by atoms with Crippen LogP contribution in [0.15, 0.2) is 54.6 Å². The summed E-state index contributed by atoms with van der Waals surface area (Å²) in [6.45, 7) is 11.8. The lowest BCUT2D eigenvalue weighted by atomic mass is 10.1. The van der Waals surface area contributed by atoms with Gasteiger partial charge in [-0.25, -0.2) is 4.98 Å². The normalized spacial score (nSPS) is 10.9. The molecule has 2 aromatic carbocycles. The van der Waals surface area contributed by atoms with Gasteiger partial charge in [-0.3, -0.25) is 4.79 Å². The monoisotopic (exact) mass is 419 g/mol. The highest BCUT2D eigenvalue weighted by Gasteiger charge is 2.11. The first-order chi connectivity index (χ1) is 15.0. The lowest BCUT2D eigenvalue weighted by molar-refractivity contribution is -0.117. The highest BCUT2D eigenvalue weighted by atomic mass is 16.5. The van der Waals surface area contributed by atoms with Gasteiger partial charge in [-0.05, 0) is 63.3 Å². The number of aryl methyl sites for hydroxylation is 4. The van der Waals surface area contributed by atoms with Gasteiger partial charge in [0, 0.05) is 25.1 Å². The Bertz CT molecular complexity index is 1030. The number of fused-ring (bicyclic) bond motifs is 1. The molecule has 0 atom stereocenters. The summed E-state index contributed by atoms with van der Waals surface area (Å²) in [6.07, 6.45) is 3.67. The molecule has 31 heavy (non-hydrogen) atoms. The molecule has 0 saturated heterocycles. The number of amides is 1. The molecule has 0 aliphatic rings. The number of carbonyl (C=O) groups is 1. The van der Waals surface area contributed by atoms with Crippen LogP contribution in [0.5, 0.6) is 5.75 Å². The third-order valence-corrected chi connectivity index (χ3v) is 5.42. The molecule has 0 bridgehead atoms. The number of rotatable bonds is 11. The summed E-state index contributed by atoms with van der Waals surface area (Å²) in [5.41, 5.74) is 5.09. The van der Waals surface area contributed by atoms with Gasteiger partial charge in [0.25, 0.3) is 0 Å². The number of nitrogens with zero attached hydrogens (tertiary/aromatic N) is 2. The molecule has 1 heterocycles. The zero-order valence-corrected chi connectivity index (χ0v) is 18.9. The van der Waals surface area contributed by atoms with Crippen LogP contribution in [-0.2, 0) is 17.8 Å². The Hall–Kier alpha value is -3.08. The average molecular weight is 420 g/mol. The van der Waals surface area contributed by atoms with E-state index >= 15 is 0 Å². The van der Waals surface area contributed by atoms with Crippen LogP contribution < -0.4 is 10.1 Å². The van der Waals surface area contributed by atoms with E-state index in [4.69, 9.17) is 9.72 Å². The first kappa shape index (κ1) is 22.6. The van der Waals surface area contributed by atoms with Crippen LogP contribution in [0.25, 0.3) is 11.0 Å². The zero-order chi connectivity index (χ0) is 22.2. The fourth-order valence-electron chi connectivity index (χ4n) is 3.74. The molecule has 5 heteroatoms. The maximum absolute atomic E-state index is 11.7. The van der Waals surface area contributed by atoms with E-state index in [1.54, 1.807) is 6.92 Å². The summed E-state index contributed by atoms with van der Waals surface area (Å²) >= 11 is 0. The van der Waals surface area contributed by atoms with Gasteiger partial charge in [-0.1, -0.05) is 36.9 Å². The first-order valence-corrected chi connectivity index (χ1v) is 11.0. The standard InChI is InChI=1S/C26H33N3O2/c1-19(2)26(30)27-16-10-15-24-28-22-13-5-6-14-23(22)29(24)17-7-8-18-31-25-20(3)11-9-12-21(25)4/h5-6,9,11-14H,1,7-8,10,15-18H2,2-4H3,(H,27,30). The van der Waals surface area contributed by atoms with E-state index < -0.39 is 0 Å². The number of nitrogens with one attached hydrogen (secondary N) is 1. The maximum atomic E-state index is 11.7. The number of ether oxygens (including phenoxy) is 1. The van der Waals surface area contributed by atoms with Gasteiger partial charge in [0.05, 0.1) is 17.6 Å². The van der Waals surface area contributed by atoms with Gasteiger partial charge in [-0.15, -0.1) is 0 Å². The van der Waals surface area contributed by atoms with E-state index in [-0.39, 0.29) is 5.91 Å². The van der Waals surface area contributed by atoms with E-state index in [2.05, 4.69) is 66.7 Å². The second-order valence-corrected chi connectivity index (χ2v) is 8.08. The molecule has 164 valence electrons. The minimum atomic E-state index is -0.0857. The van der Waals surface area contributed by atoms with Crippen molar-refractivity contribution in [3.8, 4) is 5.75 Å². The van der Waals surface area contributed by atoms with Crippen LogP contribution in [0, 0.1) is 13.8 Å². The Kier molecular flexibility index (Phi) is 7.88. The van der Waals surface area contributed by atoms with Crippen molar-refractivity contribution in [2.45, 2.75) is 53.0 Å². The van der Waals surface area contributed by atoms with Crippen molar-refractivity contribution in [2.75, 3.05) is 13.2 Å². The quantitative estimate of drug-likeness (QED) is 0.346. The number of aromatic nitrogens is 2. The molecule has 3 rings (SSSR count). The van der Waals surface area contributed by atoms with Crippen LogP contribution >= 0.6 is 0 Å². The number of imidazole rings is 1. The highest BCUT2D eigenvalue weighted by molar-refractivity contribution is 5.92. The predicted molar refractivity (Wildman–Crippen MR) is 127 cm³/mol. The molecule has 0 unspecified atom stereocenters. The molecule has 3 aromatic rings. The molecule has 0 spiro atoms. The van der Waals surface area contributed by atoms with E-state index in [0.717, 1.165) is 49.3 Å². The fourth-order valence-corrected chi connectivity index (χ4v) is 3.74. The Morgan fingerprint density at radius 1 is 1.06 bits per heavy atom. The van der Waals surface area contributed by atoms with Crippen LogP contribution in [-0.4, -0.2) is 28.6 Å². The minimum Gasteiger partial charge on any atom is -0.493 e. The summed E-state index contributed by atoms with van der Waals surface area (Å²) in [4.78, 5) is 16.5. The molecular formula is C26H33N3O2. The van der Waals surface area contributed by atoms with Gasteiger partial charge >= 0.3 is 0 Å². The van der Waals surface area contributed by atoms with Crippen LogP contribution in [0.2, 0.25) is 0 Å². The molecule has 0 radical (unpaired) electrons. The molecule has 1 amide bonds. The summed E-state index contributed by atoms with van der Waals surface area (Å²) in [6, 6.07) is 14.5. The predicted octanol–water partition coefficient (Wildman–Crippen LogP) is 5.14. The smallest absolute Gasteiger partial charge is 0.246 e. The van der Waals surface area contributed by atoms with Crippen molar-refractivity contribution in [1.82, 2.24) is 14.9 Å². The third kappa shape index (κ3) is 5.97. The zero-order valence-electron chi connectivity index (χ0n) is 18.9. The Morgan fingerprint density at radius 3 is 2.55 bits per heavy atom. The van der Waals surface area contributed by atoms with Gasteiger partial charge < -0.3 is 14.6 Å². The summed E-state index contributed by atoms with van der Waals surface area (Å²) in [5.74, 6) is 1.99. The van der Waals surface area contributed by atoms with Crippen molar-refractivity contribution < 1.29 is 9.53 Å². The first-order valence-electron chi connectivity index (χ1n) is 11.0. The second-order valence-electron chi connectivity index (χ2n) is 8.08. The SMILES string of the molecule is C=C(C)C(=O)NCCCc1nc2ccccc2n1CCCCOc1c(C)cccc1C. The van der Waals surface area contributed by atoms with E-state index in [9.17, 15) is 4.79 Å². The summed E-state index contributed by atoms with van der Waals surface area (Å²) in [5, 5.41) is 2.90. The van der Waals surface area contributed by atoms with E-state index in [1.807, 2.05) is 6.07 Å². The molecule has 0 fully saturated rings. The van der Waals surface area contributed by atoms with Gasteiger partial charge in [0.1, 0.15) is 11.6 Å². The van der Waals surface area contributed by atoms with Gasteiger partial charge in [-0.2, -0.15) is 0 Å². The topological polar surface area (TPSA) is 56.2 Å². The third-order valence-electron chi connectivity index (χ3n) is 5.42. The number of benzene rings is 2. The van der Waals surface area contributed by atoms with Gasteiger partial charge in [0.15, 0.2) is 0 Å². The van der Waals surface area contributed by atoms with Crippen molar-refractivity contribution in [3.05, 3.63) is 71.6 Å². The molecule has 0 aliphatic carbocycles. The van der Waals surface area contributed by atoms with E-state index in [0.29, 0.717) is 18.7 Å². The second kappa shape index (κ2) is 10.8. The number of hydrogen-bond donors (Lipinski definition) is 1. The van der Waals surface area contributed by atoms with Crippen molar-refractivity contribution in [1.29, 1.82) is 0 Å². The Labute approximate surface area is 185 Å². The average Bonchev–Trinajstić information content (AvgIpc) is 3.10. The van der Waals surface area contributed by atoms with Crippen LogP contribution in [0.1, 0.15) is 43.1 Å². The van der Waals surface area contributed by atoms with Crippen molar-refractivity contribution in [2.24, 2.45) is 0 Å². The highest BCUT2D eigenvalue weighted by Crippen LogP contribution is 2.23. The largest absolute Gasteiger partial charge is 0.493 e. The Balaban J connectivity index is 1.55. The number of para-hydroxylation sites is 3. The van der Waals surface area contributed by atoms with Crippen LogP contribution in [0.4, 0.5) is 0 Å². The number of carbonyl (C=O) groups excluding carboxylic acids is 1. The molecule has 1 N–H and O–H groups in total. The summed E-state index contributed by atoms with van der Waals surface area (Å²) in [7, 11) is 0. The maximum Gasteiger partial charge on any atom is 0.246 e. The van der Waals surface area contributed by atoms with Crippen LogP contribution in [0.3, 0.4) is 0 Å². The lowest BCUT2D eigenvalue weighted by Gasteiger charge is -2.13. The van der Waals surface area contributed by atoms with Crippen molar-refractivity contribution >= 4 is 16.9 Å². The molecule has 0 aliphatic heterocycles. The summed E-state index contributed by atoms with van der Waals surface area (Å²) < 4.78 is 8.37. The van der Waals surface area contributed by atoms with E-state index in [1.165, 1.54) is 16.6 Å².